The number of benzene rings is 2. The number of ether oxygens (including phenoxy) is 3. The number of hydrogen-bond donors (Lipinski definition) is 1. The Balaban J connectivity index is 1.51. The largest absolute Gasteiger partial charge is 0.493 e. The minimum atomic E-state index is -0.305. The van der Waals surface area contributed by atoms with Gasteiger partial charge in [0, 0.05) is 34.9 Å². The molecule has 2 aromatic carbocycles. The summed E-state index contributed by atoms with van der Waals surface area (Å²) in [5.74, 6) is 1.09. The van der Waals surface area contributed by atoms with E-state index in [0.717, 1.165) is 29.9 Å². The van der Waals surface area contributed by atoms with Crippen LogP contribution in [-0.4, -0.2) is 37.5 Å². The smallest absolute Gasteiger partial charge is 0.261 e. The first-order valence-corrected chi connectivity index (χ1v) is 12.6. The maximum absolute atomic E-state index is 13.5. The van der Waals surface area contributed by atoms with Gasteiger partial charge in [0.15, 0.2) is 11.5 Å². The Morgan fingerprint density at radius 3 is 2.91 bits per heavy atom. The van der Waals surface area contributed by atoms with Crippen molar-refractivity contribution in [3.63, 3.8) is 0 Å². The highest BCUT2D eigenvalue weighted by Crippen LogP contribution is 2.59. The van der Waals surface area contributed by atoms with Gasteiger partial charge in [0.2, 0.25) is 5.88 Å². The molecule has 2 fully saturated rings. The predicted octanol–water partition coefficient (Wildman–Crippen LogP) is 5.41. The number of nitrogens with zero attached hydrogens (tertiary/aromatic N) is 2. The zero-order valence-corrected chi connectivity index (χ0v) is 20.4. The summed E-state index contributed by atoms with van der Waals surface area (Å²) in [7, 11) is 1.50. The van der Waals surface area contributed by atoms with E-state index >= 15 is 0 Å². The molecule has 0 radical (unpaired) electrons. The normalized spacial score (nSPS) is 20.3. The average Bonchev–Trinajstić information content (AvgIpc) is 3.65. The lowest BCUT2D eigenvalue weighted by Crippen LogP contribution is -2.23. The molecule has 8 heteroatoms. The lowest BCUT2D eigenvalue weighted by Gasteiger charge is -2.23. The number of thioether (sulfide) groups is 1. The van der Waals surface area contributed by atoms with E-state index in [1.807, 2.05) is 42.8 Å². The number of amides is 1. The second-order valence-electron chi connectivity index (χ2n) is 8.72. The Morgan fingerprint density at radius 1 is 1.26 bits per heavy atom. The van der Waals surface area contributed by atoms with Gasteiger partial charge in [-0.2, -0.15) is 5.26 Å². The molecular formula is C27H25N3O4S. The minimum absolute atomic E-state index is 0.0176. The summed E-state index contributed by atoms with van der Waals surface area (Å²) in [6.07, 6.45) is 5.75. The molecule has 1 saturated carbocycles. The van der Waals surface area contributed by atoms with E-state index in [1.165, 1.54) is 7.11 Å². The number of carbonyl (C=O) groups is 1. The maximum Gasteiger partial charge on any atom is 0.261 e. The summed E-state index contributed by atoms with van der Waals surface area (Å²) in [6.45, 7) is 1.45. The highest BCUT2D eigenvalue weighted by Gasteiger charge is 2.57. The van der Waals surface area contributed by atoms with Crippen LogP contribution in [0.5, 0.6) is 17.4 Å². The number of nitriles is 1. The van der Waals surface area contributed by atoms with Crippen molar-refractivity contribution in [2.24, 2.45) is 5.92 Å². The monoisotopic (exact) mass is 487 g/mol. The van der Waals surface area contributed by atoms with Gasteiger partial charge in [0.1, 0.15) is 5.56 Å². The van der Waals surface area contributed by atoms with Crippen LogP contribution in [0.3, 0.4) is 0 Å². The molecule has 0 bridgehead atoms. The maximum atomic E-state index is 13.5. The molecular weight excluding hydrogens is 462 g/mol. The lowest BCUT2D eigenvalue weighted by atomic mass is 9.89. The molecule has 3 aromatic rings. The van der Waals surface area contributed by atoms with Gasteiger partial charge in [-0.15, -0.1) is 11.8 Å². The number of fused-ring (bicyclic) bond motifs is 1. The molecule has 2 unspecified atom stereocenters. The van der Waals surface area contributed by atoms with Gasteiger partial charge >= 0.3 is 0 Å². The molecule has 178 valence electrons. The van der Waals surface area contributed by atoms with Gasteiger partial charge in [-0.1, -0.05) is 6.07 Å². The second-order valence-corrected chi connectivity index (χ2v) is 9.60. The van der Waals surface area contributed by atoms with Crippen LogP contribution in [0.15, 0.2) is 59.6 Å². The standard InChI is InChI=1S/C27H25N3O4S/c1-32-24-10-17(14-28)6-7-23(24)34-26-22(25(31)30-20-4-3-5-21(12-20)35-2)11-18(15-29-26)27-8-9-33-16-19(27)13-27/h3-7,10-12,15,19H,8-9,13,16H2,1-2H3,(H,30,31). The first kappa shape index (κ1) is 23.2. The molecule has 7 nitrogen and oxygen atoms in total. The molecule has 1 amide bonds. The third-order valence-electron chi connectivity index (χ3n) is 6.74. The zero-order chi connectivity index (χ0) is 24.4. The van der Waals surface area contributed by atoms with Crippen molar-refractivity contribution < 1.29 is 19.0 Å². The van der Waals surface area contributed by atoms with Crippen LogP contribution in [0.25, 0.3) is 0 Å². The van der Waals surface area contributed by atoms with Crippen LogP contribution in [0, 0.1) is 17.2 Å². The third kappa shape index (κ3) is 4.57. The molecule has 2 atom stereocenters. The number of aromatic nitrogens is 1. The van der Waals surface area contributed by atoms with Crippen LogP contribution < -0.4 is 14.8 Å². The van der Waals surface area contributed by atoms with Crippen molar-refractivity contribution in [1.82, 2.24) is 4.98 Å². The molecule has 1 aromatic heterocycles. The number of rotatable bonds is 7. The minimum Gasteiger partial charge on any atom is -0.493 e. The molecule has 2 heterocycles. The summed E-state index contributed by atoms with van der Waals surface area (Å²) < 4.78 is 17.1. The molecule has 35 heavy (non-hydrogen) atoms. The molecule has 5 rings (SSSR count). The fourth-order valence-corrected chi connectivity index (χ4v) is 5.14. The topological polar surface area (TPSA) is 93.5 Å². The fourth-order valence-electron chi connectivity index (χ4n) is 4.68. The van der Waals surface area contributed by atoms with E-state index in [4.69, 9.17) is 14.2 Å². The molecule has 1 saturated heterocycles. The second kappa shape index (κ2) is 9.61. The van der Waals surface area contributed by atoms with Crippen LogP contribution in [-0.2, 0) is 10.2 Å². The Morgan fingerprint density at radius 2 is 2.14 bits per heavy atom. The van der Waals surface area contributed by atoms with Crippen molar-refractivity contribution in [3.05, 3.63) is 71.4 Å². The Kier molecular flexibility index (Phi) is 6.37. The van der Waals surface area contributed by atoms with Gasteiger partial charge in [-0.05, 0) is 67.0 Å². The molecule has 0 spiro atoms. The van der Waals surface area contributed by atoms with Gasteiger partial charge < -0.3 is 19.5 Å². The van der Waals surface area contributed by atoms with E-state index in [-0.39, 0.29) is 17.2 Å². The van der Waals surface area contributed by atoms with Gasteiger partial charge in [0.25, 0.3) is 5.91 Å². The Bertz CT molecular complexity index is 1320. The number of anilines is 1. The van der Waals surface area contributed by atoms with Crippen molar-refractivity contribution in [3.8, 4) is 23.4 Å². The molecule has 1 aliphatic heterocycles. The Labute approximate surface area is 208 Å². The molecule has 2 aliphatic rings. The van der Waals surface area contributed by atoms with E-state index in [1.54, 1.807) is 30.0 Å². The SMILES string of the molecule is COc1cc(C#N)ccc1Oc1ncc(C23CCOCC2C3)cc1C(=O)Nc1cccc(SC)c1. The molecule has 1 N–H and O–H groups in total. The van der Waals surface area contributed by atoms with Gasteiger partial charge in [-0.25, -0.2) is 4.98 Å². The highest BCUT2D eigenvalue weighted by molar-refractivity contribution is 7.98. The number of methoxy groups -OCH3 is 1. The van der Waals surface area contributed by atoms with Gasteiger partial charge in [0.05, 0.1) is 25.3 Å². The summed E-state index contributed by atoms with van der Waals surface area (Å²) in [4.78, 5) is 19.1. The number of carbonyl (C=O) groups excluding carboxylic acids is 1. The van der Waals surface area contributed by atoms with Crippen LogP contribution in [0.4, 0.5) is 5.69 Å². The third-order valence-corrected chi connectivity index (χ3v) is 7.47. The van der Waals surface area contributed by atoms with Gasteiger partial charge in [-0.3, -0.25) is 4.79 Å². The first-order valence-electron chi connectivity index (χ1n) is 11.4. The van der Waals surface area contributed by atoms with E-state index < -0.39 is 0 Å². The van der Waals surface area contributed by atoms with Crippen molar-refractivity contribution in [2.45, 2.75) is 23.2 Å². The van der Waals surface area contributed by atoms with Crippen molar-refractivity contribution in [2.75, 3.05) is 31.9 Å². The predicted molar refractivity (Wildman–Crippen MR) is 133 cm³/mol. The highest BCUT2D eigenvalue weighted by atomic mass is 32.2. The van der Waals surface area contributed by atoms with E-state index in [2.05, 4.69) is 16.4 Å². The molecule has 1 aliphatic carbocycles. The average molecular weight is 488 g/mol. The summed E-state index contributed by atoms with van der Waals surface area (Å²) in [6, 6.07) is 16.5. The fraction of sp³-hybridized carbons (Fsp3) is 0.296. The van der Waals surface area contributed by atoms with Crippen molar-refractivity contribution >= 4 is 23.4 Å². The summed E-state index contributed by atoms with van der Waals surface area (Å²) >= 11 is 1.61. The number of pyridine rings is 1. The Hall–Kier alpha value is -3.54. The van der Waals surface area contributed by atoms with Crippen LogP contribution >= 0.6 is 11.8 Å². The lowest BCUT2D eigenvalue weighted by molar-refractivity contribution is 0.0801. The quantitative estimate of drug-likeness (QED) is 0.446. The van der Waals surface area contributed by atoms with E-state index in [9.17, 15) is 10.1 Å². The van der Waals surface area contributed by atoms with Crippen LogP contribution in [0.1, 0.15) is 34.3 Å². The van der Waals surface area contributed by atoms with Crippen LogP contribution in [0.2, 0.25) is 0 Å². The van der Waals surface area contributed by atoms with E-state index in [0.29, 0.717) is 40.8 Å². The number of nitrogens with one attached hydrogen (secondary N) is 1. The zero-order valence-electron chi connectivity index (χ0n) is 19.5. The summed E-state index contributed by atoms with van der Waals surface area (Å²) in [5.41, 5.74) is 2.54. The van der Waals surface area contributed by atoms with Crippen molar-refractivity contribution in [1.29, 1.82) is 5.26 Å². The first-order chi connectivity index (χ1) is 17.1. The number of hydrogen-bond acceptors (Lipinski definition) is 7. The summed E-state index contributed by atoms with van der Waals surface area (Å²) in [5, 5.41) is 12.2.